The average molecular weight is 284 g/mol. The summed E-state index contributed by atoms with van der Waals surface area (Å²) in [7, 11) is 0. The lowest BCUT2D eigenvalue weighted by Crippen LogP contribution is -2.39. The normalized spacial score (nSPS) is 27.2. The van der Waals surface area contributed by atoms with Gasteiger partial charge in [0.05, 0.1) is 0 Å². The fourth-order valence-corrected chi connectivity index (χ4v) is 4.63. The van der Waals surface area contributed by atoms with Crippen LogP contribution >= 0.6 is 27.7 Å². The Labute approximate surface area is 103 Å². The first kappa shape index (κ1) is 10.2. The van der Waals surface area contributed by atoms with Crippen LogP contribution in [0.2, 0.25) is 0 Å². The molecule has 0 amide bonds. The van der Waals surface area contributed by atoms with Crippen LogP contribution in [0.15, 0.2) is 27.6 Å². The molecule has 3 rings (SSSR count). The molecule has 1 fully saturated rings. The van der Waals surface area contributed by atoms with Crippen molar-refractivity contribution >= 4 is 27.7 Å². The molecule has 1 aromatic carbocycles. The van der Waals surface area contributed by atoms with Crippen LogP contribution < -0.4 is 5.73 Å². The van der Waals surface area contributed by atoms with Gasteiger partial charge in [-0.25, -0.2) is 0 Å². The number of hydrogen-bond donors (Lipinski definition) is 1. The molecule has 0 bridgehead atoms. The first-order chi connectivity index (χ1) is 7.19. The number of benzene rings is 1. The quantitative estimate of drug-likeness (QED) is 0.782. The van der Waals surface area contributed by atoms with Crippen molar-refractivity contribution in [1.82, 2.24) is 0 Å². The summed E-state index contributed by atoms with van der Waals surface area (Å²) in [6.07, 6.45) is 5.23. The van der Waals surface area contributed by atoms with Gasteiger partial charge in [-0.05, 0) is 43.0 Å². The molecule has 0 saturated heterocycles. The molecule has 1 spiro atoms. The van der Waals surface area contributed by atoms with Crippen LogP contribution in [0.4, 0.5) is 0 Å². The Bertz CT molecular complexity index is 401. The number of thioether (sulfide) groups is 1. The minimum absolute atomic E-state index is 0.235. The van der Waals surface area contributed by atoms with Gasteiger partial charge in [-0.15, -0.1) is 11.8 Å². The molecule has 1 saturated carbocycles. The molecule has 80 valence electrons. The van der Waals surface area contributed by atoms with Gasteiger partial charge < -0.3 is 5.73 Å². The van der Waals surface area contributed by atoms with Crippen LogP contribution in [0.1, 0.15) is 37.3 Å². The summed E-state index contributed by atoms with van der Waals surface area (Å²) in [6, 6.07) is 6.75. The van der Waals surface area contributed by atoms with Gasteiger partial charge in [-0.3, -0.25) is 0 Å². The van der Waals surface area contributed by atoms with Crippen molar-refractivity contribution in [2.24, 2.45) is 5.73 Å². The zero-order valence-corrected chi connectivity index (χ0v) is 10.9. The predicted molar refractivity (Wildman–Crippen MR) is 68.1 cm³/mol. The third kappa shape index (κ3) is 1.65. The largest absolute Gasteiger partial charge is 0.324 e. The topological polar surface area (TPSA) is 26.0 Å². The van der Waals surface area contributed by atoms with E-state index in [9.17, 15) is 0 Å². The summed E-state index contributed by atoms with van der Waals surface area (Å²) in [5.41, 5.74) is 7.59. The molecule has 1 nitrogen and oxygen atoms in total. The molecule has 1 heterocycles. The zero-order chi connectivity index (χ0) is 10.5. The van der Waals surface area contributed by atoms with Crippen molar-refractivity contribution in [2.75, 3.05) is 0 Å². The van der Waals surface area contributed by atoms with Gasteiger partial charge in [0.25, 0.3) is 0 Å². The lowest BCUT2D eigenvalue weighted by molar-refractivity contribution is 0.314. The van der Waals surface area contributed by atoms with Gasteiger partial charge in [0.2, 0.25) is 0 Å². The average Bonchev–Trinajstić information content (AvgIpc) is 2.16. The Morgan fingerprint density at radius 2 is 2.20 bits per heavy atom. The van der Waals surface area contributed by atoms with E-state index in [0.29, 0.717) is 4.75 Å². The minimum atomic E-state index is 0.235. The summed E-state index contributed by atoms with van der Waals surface area (Å²) in [4.78, 5) is 1.40. The van der Waals surface area contributed by atoms with E-state index in [1.54, 1.807) is 0 Å². The highest BCUT2D eigenvalue weighted by atomic mass is 79.9. The fourth-order valence-electron chi connectivity index (χ4n) is 2.56. The molecule has 3 heteroatoms. The summed E-state index contributed by atoms with van der Waals surface area (Å²) < 4.78 is 1.63. The van der Waals surface area contributed by atoms with E-state index in [1.165, 1.54) is 29.7 Å². The molecule has 0 aromatic heterocycles. The van der Waals surface area contributed by atoms with Crippen molar-refractivity contribution in [1.29, 1.82) is 0 Å². The summed E-state index contributed by atoms with van der Waals surface area (Å²) >= 11 is 5.57. The van der Waals surface area contributed by atoms with Gasteiger partial charge in [0, 0.05) is 20.2 Å². The maximum atomic E-state index is 6.27. The number of hydrogen-bond acceptors (Lipinski definition) is 2. The van der Waals surface area contributed by atoms with Crippen molar-refractivity contribution in [3.8, 4) is 0 Å². The first-order valence-corrected chi connectivity index (χ1v) is 7.04. The second-order valence-corrected chi connectivity index (χ2v) is 7.06. The smallest absolute Gasteiger partial charge is 0.0319 e. The zero-order valence-electron chi connectivity index (χ0n) is 8.50. The fraction of sp³-hybridized carbons (Fsp3) is 0.500. The molecule has 1 aliphatic carbocycles. The molecular weight excluding hydrogens is 270 g/mol. The van der Waals surface area contributed by atoms with Crippen molar-refractivity contribution in [3.05, 3.63) is 28.2 Å². The van der Waals surface area contributed by atoms with E-state index in [0.717, 1.165) is 10.9 Å². The van der Waals surface area contributed by atoms with E-state index in [2.05, 4.69) is 45.9 Å². The van der Waals surface area contributed by atoms with Crippen LogP contribution in [-0.4, -0.2) is 4.75 Å². The maximum Gasteiger partial charge on any atom is 0.0319 e. The first-order valence-electron chi connectivity index (χ1n) is 5.43. The molecule has 1 atom stereocenters. The monoisotopic (exact) mass is 283 g/mol. The molecule has 0 radical (unpaired) electrons. The van der Waals surface area contributed by atoms with Crippen molar-refractivity contribution in [2.45, 2.75) is 41.4 Å². The summed E-state index contributed by atoms with van der Waals surface area (Å²) in [6.45, 7) is 0. The molecular formula is C12H14BrNS. The third-order valence-electron chi connectivity index (χ3n) is 3.55. The second-order valence-electron chi connectivity index (χ2n) is 4.63. The highest BCUT2D eigenvalue weighted by Gasteiger charge is 2.43. The predicted octanol–water partition coefficient (Wildman–Crippen LogP) is 3.87. The SMILES string of the molecule is NC1CC2(CCC2)Sc2ccc(Br)cc21. The second kappa shape index (κ2) is 3.51. The molecule has 2 aliphatic rings. The Kier molecular flexibility index (Phi) is 2.38. The van der Waals surface area contributed by atoms with Gasteiger partial charge in [-0.2, -0.15) is 0 Å². The lowest BCUT2D eigenvalue weighted by atomic mass is 9.78. The summed E-state index contributed by atoms with van der Waals surface area (Å²) in [5.74, 6) is 0. The molecule has 1 unspecified atom stereocenters. The van der Waals surface area contributed by atoms with E-state index in [-0.39, 0.29) is 6.04 Å². The van der Waals surface area contributed by atoms with E-state index < -0.39 is 0 Å². The molecule has 1 aromatic rings. The Morgan fingerprint density at radius 3 is 2.87 bits per heavy atom. The van der Waals surface area contributed by atoms with E-state index >= 15 is 0 Å². The van der Waals surface area contributed by atoms with Gasteiger partial charge in [0.1, 0.15) is 0 Å². The van der Waals surface area contributed by atoms with E-state index in [4.69, 9.17) is 5.73 Å². The number of halogens is 1. The molecule has 1 aliphatic heterocycles. The molecule has 15 heavy (non-hydrogen) atoms. The maximum absolute atomic E-state index is 6.27. The van der Waals surface area contributed by atoms with Gasteiger partial charge >= 0.3 is 0 Å². The van der Waals surface area contributed by atoms with Crippen LogP contribution in [0.25, 0.3) is 0 Å². The van der Waals surface area contributed by atoms with Crippen molar-refractivity contribution in [3.63, 3.8) is 0 Å². The highest BCUT2D eigenvalue weighted by molar-refractivity contribution is 9.10. The number of fused-ring (bicyclic) bond motifs is 1. The van der Waals surface area contributed by atoms with E-state index in [1.807, 2.05) is 0 Å². The van der Waals surface area contributed by atoms with Crippen molar-refractivity contribution < 1.29 is 0 Å². The van der Waals surface area contributed by atoms with Crippen LogP contribution in [-0.2, 0) is 0 Å². The van der Waals surface area contributed by atoms with Crippen LogP contribution in [0, 0.1) is 0 Å². The molecule has 2 N–H and O–H groups in total. The number of nitrogens with two attached hydrogens (primary N) is 1. The highest BCUT2D eigenvalue weighted by Crippen LogP contribution is 2.56. The van der Waals surface area contributed by atoms with Crippen LogP contribution in [0.5, 0.6) is 0 Å². The Hall–Kier alpha value is 0.01000. The minimum Gasteiger partial charge on any atom is -0.324 e. The lowest BCUT2D eigenvalue weighted by Gasteiger charge is -2.46. The standard InChI is InChI=1S/C12H14BrNS/c13-8-2-3-11-9(6-8)10(14)7-12(15-11)4-1-5-12/h2-3,6,10H,1,4-5,7,14H2. The third-order valence-corrected chi connectivity index (χ3v) is 5.65. The van der Waals surface area contributed by atoms with Gasteiger partial charge in [-0.1, -0.05) is 22.4 Å². The van der Waals surface area contributed by atoms with Crippen LogP contribution in [0.3, 0.4) is 0 Å². The number of rotatable bonds is 0. The Morgan fingerprint density at radius 1 is 1.40 bits per heavy atom. The van der Waals surface area contributed by atoms with Gasteiger partial charge in [0.15, 0.2) is 0 Å². The Balaban J connectivity index is 2.01. The summed E-state index contributed by atoms with van der Waals surface area (Å²) in [5, 5.41) is 0.